The van der Waals surface area contributed by atoms with Crippen LogP contribution < -0.4 is 15.8 Å². The molecule has 2 rings (SSSR count). The first kappa shape index (κ1) is 12.0. The van der Waals surface area contributed by atoms with Crippen molar-refractivity contribution in [3.8, 4) is 6.01 Å². The summed E-state index contributed by atoms with van der Waals surface area (Å²) in [6, 6.07) is 0.201. The van der Waals surface area contributed by atoms with Gasteiger partial charge in [0.1, 0.15) is 0 Å². The van der Waals surface area contributed by atoms with Gasteiger partial charge in [0.05, 0.1) is 6.61 Å². The second kappa shape index (κ2) is 5.75. The van der Waals surface area contributed by atoms with Gasteiger partial charge in [-0.15, -0.1) is 0 Å². The first-order chi connectivity index (χ1) is 8.78. The number of nitrogen functional groups attached to an aromatic ring is 1. The van der Waals surface area contributed by atoms with Crippen LogP contribution in [0.1, 0.15) is 12.7 Å². The van der Waals surface area contributed by atoms with Crippen molar-refractivity contribution < 1.29 is 9.26 Å². The molecule has 0 amide bonds. The minimum Gasteiger partial charge on any atom is -0.464 e. The van der Waals surface area contributed by atoms with Crippen molar-refractivity contribution in [1.82, 2.24) is 25.1 Å². The molecule has 0 bridgehead atoms. The summed E-state index contributed by atoms with van der Waals surface area (Å²) in [7, 11) is 0. The Morgan fingerprint density at radius 2 is 2.28 bits per heavy atom. The monoisotopic (exact) mass is 251 g/mol. The average Bonchev–Trinajstić information content (AvgIpc) is 2.82. The number of nitrogens with zero attached hydrogens (tertiary/aromatic N) is 5. The molecule has 0 unspecified atom stereocenters. The average molecular weight is 251 g/mol. The molecule has 0 aliphatic rings. The number of aromatic nitrogens is 5. The maximum atomic E-state index is 5.53. The largest absolute Gasteiger partial charge is 0.464 e. The van der Waals surface area contributed by atoms with Crippen molar-refractivity contribution in [2.24, 2.45) is 0 Å². The molecule has 9 heteroatoms. The zero-order valence-corrected chi connectivity index (χ0v) is 9.83. The Bertz CT molecular complexity index is 488. The van der Waals surface area contributed by atoms with E-state index >= 15 is 0 Å². The fourth-order valence-corrected chi connectivity index (χ4v) is 1.23. The van der Waals surface area contributed by atoms with Gasteiger partial charge in [0.2, 0.25) is 18.3 Å². The van der Waals surface area contributed by atoms with Crippen LogP contribution in [-0.2, 0) is 6.42 Å². The molecule has 9 nitrogen and oxygen atoms in total. The zero-order chi connectivity index (χ0) is 12.8. The van der Waals surface area contributed by atoms with Gasteiger partial charge in [0, 0.05) is 13.0 Å². The molecule has 0 aliphatic heterocycles. The molecule has 0 fully saturated rings. The highest BCUT2D eigenvalue weighted by atomic mass is 16.5. The summed E-state index contributed by atoms with van der Waals surface area (Å²) in [6.07, 6.45) is 1.87. The molecule has 0 aromatic carbocycles. The lowest BCUT2D eigenvalue weighted by Gasteiger charge is -2.06. The highest BCUT2D eigenvalue weighted by molar-refractivity contribution is 5.32. The Morgan fingerprint density at radius 3 is 3.00 bits per heavy atom. The van der Waals surface area contributed by atoms with E-state index in [0.717, 1.165) is 0 Å². The summed E-state index contributed by atoms with van der Waals surface area (Å²) in [5, 5.41) is 6.66. The van der Waals surface area contributed by atoms with Crippen LogP contribution in [0, 0.1) is 0 Å². The van der Waals surface area contributed by atoms with Crippen LogP contribution in [0.15, 0.2) is 10.9 Å². The van der Waals surface area contributed by atoms with Gasteiger partial charge in [-0.3, -0.25) is 0 Å². The van der Waals surface area contributed by atoms with Crippen molar-refractivity contribution in [2.45, 2.75) is 13.3 Å². The van der Waals surface area contributed by atoms with E-state index < -0.39 is 0 Å². The Labute approximate surface area is 103 Å². The maximum absolute atomic E-state index is 5.53. The number of anilines is 2. The molecule has 96 valence electrons. The van der Waals surface area contributed by atoms with Gasteiger partial charge in [-0.25, -0.2) is 0 Å². The SMILES string of the molecule is CCOc1nc(N)nc(NCCc2ncon2)n1. The molecule has 0 spiro atoms. The lowest BCUT2D eigenvalue weighted by Crippen LogP contribution is -2.12. The minimum atomic E-state index is 0.107. The lowest BCUT2D eigenvalue weighted by atomic mass is 10.4. The van der Waals surface area contributed by atoms with Gasteiger partial charge < -0.3 is 20.3 Å². The molecule has 2 heterocycles. The number of rotatable bonds is 6. The third-order valence-corrected chi connectivity index (χ3v) is 1.94. The smallest absolute Gasteiger partial charge is 0.323 e. The predicted octanol–water partition coefficient (Wildman–Crippen LogP) is -0.110. The maximum Gasteiger partial charge on any atom is 0.323 e. The van der Waals surface area contributed by atoms with Crippen molar-refractivity contribution in [3.63, 3.8) is 0 Å². The lowest BCUT2D eigenvalue weighted by molar-refractivity contribution is 0.312. The van der Waals surface area contributed by atoms with Crippen LogP contribution in [-0.4, -0.2) is 38.2 Å². The van der Waals surface area contributed by atoms with Crippen LogP contribution in [0.3, 0.4) is 0 Å². The fraction of sp³-hybridized carbons (Fsp3) is 0.444. The summed E-state index contributed by atoms with van der Waals surface area (Å²) in [5.41, 5.74) is 5.53. The van der Waals surface area contributed by atoms with Gasteiger partial charge in [0.25, 0.3) is 0 Å². The first-order valence-corrected chi connectivity index (χ1v) is 5.41. The summed E-state index contributed by atoms with van der Waals surface area (Å²) < 4.78 is 9.77. The summed E-state index contributed by atoms with van der Waals surface area (Å²) in [5.74, 6) is 1.07. The zero-order valence-electron chi connectivity index (χ0n) is 9.83. The third kappa shape index (κ3) is 3.27. The number of ether oxygens (including phenoxy) is 1. The normalized spacial score (nSPS) is 10.3. The molecule has 3 N–H and O–H groups in total. The highest BCUT2D eigenvalue weighted by Gasteiger charge is 2.05. The third-order valence-electron chi connectivity index (χ3n) is 1.94. The molecule has 2 aromatic rings. The molecule has 0 radical (unpaired) electrons. The summed E-state index contributed by atoms with van der Waals surface area (Å²) in [6.45, 7) is 2.85. The predicted molar refractivity (Wildman–Crippen MR) is 61.9 cm³/mol. The van der Waals surface area contributed by atoms with Gasteiger partial charge in [-0.1, -0.05) is 5.16 Å². The molecule has 2 aromatic heterocycles. The fourth-order valence-electron chi connectivity index (χ4n) is 1.23. The standard InChI is InChI=1S/C9H13N7O2/c1-2-17-9-14-7(10)13-8(15-9)11-4-3-6-12-5-18-16-6/h5H,2-4H2,1H3,(H3,10,11,13,14,15). The van der Waals surface area contributed by atoms with E-state index in [-0.39, 0.29) is 12.0 Å². The Morgan fingerprint density at radius 1 is 1.39 bits per heavy atom. The summed E-state index contributed by atoms with van der Waals surface area (Å²) in [4.78, 5) is 15.7. The van der Waals surface area contributed by atoms with Crippen molar-refractivity contribution in [3.05, 3.63) is 12.2 Å². The molecule has 0 atom stereocenters. The molecule has 0 saturated heterocycles. The van der Waals surface area contributed by atoms with Crippen molar-refractivity contribution >= 4 is 11.9 Å². The summed E-state index contributed by atoms with van der Waals surface area (Å²) >= 11 is 0. The van der Waals surface area contributed by atoms with Crippen molar-refractivity contribution in [2.75, 3.05) is 24.2 Å². The van der Waals surface area contributed by atoms with Gasteiger partial charge in [0.15, 0.2) is 5.82 Å². The second-order valence-electron chi connectivity index (χ2n) is 3.26. The van der Waals surface area contributed by atoms with E-state index in [2.05, 4.69) is 34.9 Å². The molecular weight excluding hydrogens is 238 g/mol. The number of hydrogen-bond acceptors (Lipinski definition) is 9. The molecule has 0 aliphatic carbocycles. The second-order valence-corrected chi connectivity index (χ2v) is 3.26. The van der Waals surface area contributed by atoms with Crippen molar-refractivity contribution in [1.29, 1.82) is 0 Å². The topological polar surface area (TPSA) is 125 Å². The van der Waals surface area contributed by atoms with E-state index in [1.165, 1.54) is 6.39 Å². The van der Waals surface area contributed by atoms with Crippen LogP contribution in [0.2, 0.25) is 0 Å². The molecule has 18 heavy (non-hydrogen) atoms. The van der Waals surface area contributed by atoms with E-state index in [4.69, 9.17) is 10.5 Å². The first-order valence-electron chi connectivity index (χ1n) is 5.41. The van der Waals surface area contributed by atoms with Gasteiger partial charge in [-0.2, -0.15) is 19.9 Å². The van der Waals surface area contributed by atoms with Crippen LogP contribution in [0.25, 0.3) is 0 Å². The van der Waals surface area contributed by atoms with Crippen LogP contribution >= 0.6 is 0 Å². The Balaban J connectivity index is 1.92. The van der Waals surface area contributed by atoms with Crippen LogP contribution in [0.4, 0.5) is 11.9 Å². The Hall–Kier alpha value is -2.45. The number of nitrogens with two attached hydrogens (primary N) is 1. The van der Waals surface area contributed by atoms with E-state index in [9.17, 15) is 0 Å². The van der Waals surface area contributed by atoms with E-state index in [1.807, 2.05) is 6.92 Å². The van der Waals surface area contributed by atoms with Crippen LogP contribution in [0.5, 0.6) is 6.01 Å². The highest BCUT2D eigenvalue weighted by Crippen LogP contribution is 2.08. The van der Waals surface area contributed by atoms with Gasteiger partial charge in [-0.05, 0) is 6.92 Å². The number of hydrogen-bond donors (Lipinski definition) is 2. The molecular formula is C9H13N7O2. The van der Waals surface area contributed by atoms with E-state index in [1.54, 1.807) is 0 Å². The minimum absolute atomic E-state index is 0.107. The van der Waals surface area contributed by atoms with E-state index in [0.29, 0.717) is 31.3 Å². The number of nitrogens with one attached hydrogen (secondary N) is 1. The Kier molecular flexibility index (Phi) is 3.84. The molecule has 0 saturated carbocycles. The van der Waals surface area contributed by atoms with Gasteiger partial charge >= 0.3 is 6.01 Å². The quantitative estimate of drug-likeness (QED) is 0.723.